The van der Waals surface area contributed by atoms with Gasteiger partial charge in [0.2, 0.25) is 11.7 Å². The van der Waals surface area contributed by atoms with Crippen molar-refractivity contribution in [1.82, 2.24) is 20.1 Å². The second-order valence-corrected chi connectivity index (χ2v) is 9.66. The van der Waals surface area contributed by atoms with Crippen LogP contribution in [0.3, 0.4) is 0 Å². The van der Waals surface area contributed by atoms with E-state index in [-0.39, 0.29) is 11.2 Å². The molecular weight excluding hydrogens is 396 g/mol. The first kappa shape index (κ1) is 21.2. The van der Waals surface area contributed by atoms with Gasteiger partial charge >= 0.3 is 0 Å². The maximum absolute atomic E-state index is 12.7. The van der Waals surface area contributed by atoms with Crippen molar-refractivity contribution in [2.24, 2.45) is 0 Å². The summed E-state index contributed by atoms with van der Waals surface area (Å²) in [6.45, 7) is 2.66. The van der Waals surface area contributed by atoms with Gasteiger partial charge in [-0.2, -0.15) is 0 Å². The first-order valence-electron chi connectivity index (χ1n) is 11.3. The number of allylic oxidation sites excluding steroid dienone is 1. The van der Waals surface area contributed by atoms with E-state index in [2.05, 4.69) is 26.2 Å². The van der Waals surface area contributed by atoms with Crippen LogP contribution in [-0.2, 0) is 4.79 Å². The summed E-state index contributed by atoms with van der Waals surface area (Å²) in [5.74, 6) is 1.57. The summed E-state index contributed by atoms with van der Waals surface area (Å²) in [7, 11) is 0. The van der Waals surface area contributed by atoms with Crippen molar-refractivity contribution in [2.75, 3.05) is 6.54 Å². The standard InChI is InChI=1S/C23H32N4O2S/c1-17(22(28)24-15-14-18-9-4-2-5-10-18)30-23-26-25-21(20-13-8-16-29-20)27(23)19-11-6-3-7-12-19/h8-9,13,16-17,19H,2-7,10-12,14-15H2,1H3,(H,24,28). The molecule has 1 amide bonds. The summed E-state index contributed by atoms with van der Waals surface area (Å²) in [4.78, 5) is 12.7. The Morgan fingerprint density at radius 3 is 2.87 bits per heavy atom. The average Bonchev–Trinajstić information content (AvgIpc) is 3.45. The molecule has 1 saturated carbocycles. The third-order valence-electron chi connectivity index (χ3n) is 6.13. The Morgan fingerprint density at radius 2 is 2.13 bits per heavy atom. The van der Waals surface area contributed by atoms with Gasteiger partial charge in [-0.05, 0) is 64.0 Å². The molecule has 2 heterocycles. The number of nitrogens with zero attached hydrogens (tertiary/aromatic N) is 3. The van der Waals surface area contributed by atoms with Gasteiger partial charge in [-0.1, -0.05) is 42.7 Å². The number of amides is 1. The van der Waals surface area contributed by atoms with Gasteiger partial charge in [0, 0.05) is 12.6 Å². The number of aromatic nitrogens is 3. The minimum Gasteiger partial charge on any atom is -0.461 e. The summed E-state index contributed by atoms with van der Waals surface area (Å²) in [5, 5.41) is 12.6. The molecule has 1 N–H and O–H groups in total. The Morgan fingerprint density at radius 1 is 1.27 bits per heavy atom. The van der Waals surface area contributed by atoms with E-state index in [1.54, 1.807) is 6.26 Å². The van der Waals surface area contributed by atoms with Gasteiger partial charge in [0.15, 0.2) is 10.9 Å². The highest BCUT2D eigenvalue weighted by atomic mass is 32.2. The van der Waals surface area contributed by atoms with Crippen LogP contribution in [0.2, 0.25) is 0 Å². The number of carbonyl (C=O) groups is 1. The maximum Gasteiger partial charge on any atom is 0.233 e. The van der Waals surface area contributed by atoms with Crippen LogP contribution in [0.4, 0.5) is 0 Å². The predicted molar refractivity (Wildman–Crippen MR) is 119 cm³/mol. The van der Waals surface area contributed by atoms with Gasteiger partial charge in [-0.15, -0.1) is 10.2 Å². The molecule has 2 aliphatic carbocycles. The molecule has 1 fully saturated rings. The Hall–Kier alpha value is -2.02. The van der Waals surface area contributed by atoms with Crippen molar-refractivity contribution < 1.29 is 9.21 Å². The van der Waals surface area contributed by atoms with Crippen LogP contribution in [0.15, 0.2) is 39.6 Å². The zero-order chi connectivity index (χ0) is 20.8. The SMILES string of the molecule is CC(Sc1nnc(-c2ccco2)n1C1CCCCC1)C(=O)NCCC1=CCCCC1. The number of rotatable bonds is 8. The Bertz CT molecular complexity index is 853. The number of hydrogen-bond donors (Lipinski definition) is 1. The van der Waals surface area contributed by atoms with Crippen molar-refractivity contribution >= 4 is 17.7 Å². The third-order valence-corrected chi connectivity index (χ3v) is 7.18. The number of furan rings is 1. The highest BCUT2D eigenvalue weighted by molar-refractivity contribution is 8.00. The van der Waals surface area contributed by atoms with Gasteiger partial charge in [0.25, 0.3) is 0 Å². The van der Waals surface area contributed by atoms with Crippen LogP contribution < -0.4 is 5.32 Å². The molecular formula is C23H32N4O2S. The zero-order valence-corrected chi connectivity index (χ0v) is 18.6. The molecule has 1 unspecified atom stereocenters. The Balaban J connectivity index is 1.41. The fourth-order valence-corrected chi connectivity index (χ4v) is 5.38. The molecule has 0 radical (unpaired) electrons. The molecule has 0 aliphatic heterocycles. The largest absolute Gasteiger partial charge is 0.461 e. The molecule has 0 aromatic carbocycles. The quantitative estimate of drug-likeness (QED) is 0.442. The molecule has 2 aromatic heterocycles. The van der Waals surface area contributed by atoms with E-state index in [1.165, 1.54) is 62.3 Å². The van der Waals surface area contributed by atoms with E-state index >= 15 is 0 Å². The Labute approximate surface area is 182 Å². The van der Waals surface area contributed by atoms with Crippen LogP contribution in [0, 0.1) is 0 Å². The van der Waals surface area contributed by atoms with Crippen molar-refractivity contribution in [3.05, 3.63) is 30.0 Å². The summed E-state index contributed by atoms with van der Waals surface area (Å²) < 4.78 is 7.82. The highest BCUT2D eigenvalue weighted by Crippen LogP contribution is 2.36. The number of hydrogen-bond acceptors (Lipinski definition) is 5. The van der Waals surface area contributed by atoms with E-state index in [0.717, 1.165) is 36.0 Å². The van der Waals surface area contributed by atoms with Crippen molar-refractivity contribution in [2.45, 2.75) is 87.6 Å². The molecule has 6 nitrogen and oxygen atoms in total. The van der Waals surface area contributed by atoms with Crippen LogP contribution in [0.1, 0.15) is 77.2 Å². The minimum atomic E-state index is -0.221. The lowest BCUT2D eigenvalue weighted by Crippen LogP contribution is -2.32. The van der Waals surface area contributed by atoms with E-state index < -0.39 is 0 Å². The molecule has 7 heteroatoms. The summed E-state index contributed by atoms with van der Waals surface area (Å²) in [6, 6.07) is 4.16. The second-order valence-electron chi connectivity index (χ2n) is 8.35. The first-order valence-corrected chi connectivity index (χ1v) is 12.2. The topological polar surface area (TPSA) is 73.0 Å². The van der Waals surface area contributed by atoms with Crippen molar-refractivity contribution in [3.8, 4) is 11.6 Å². The molecule has 0 bridgehead atoms. The van der Waals surface area contributed by atoms with Gasteiger partial charge in [0.05, 0.1) is 11.5 Å². The van der Waals surface area contributed by atoms with E-state index in [9.17, 15) is 4.79 Å². The number of carbonyl (C=O) groups excluding carboxylic acids is 1. The predicted octanol–water partition coefficient (Wildman–Crippen LogP) is 5.53. The number of nitrogens with one attached hydrogen (secondary N) is 1. The summed E-state index contributed by atoms with van der Waals surface area (Å²) in [6.07, 6.45) is 15.9. The summed E-state index contributed by atoms with van der Waals surface area (Å²) >= 11 is 1.50. The van der Waals surface area contributed by atoms with Gasteiger partial charge < -0.3 is 9.73 Å². The molecule has 0 spiro atoms. The van der Waals surface area contributed by atoms with E-state index in [4.69, 9.17) is 4.42 Å². The van der Waals surface area contributed by atoms with Crippen LogP contribution in [-0.4, -0.2) is 32.5 Å². The van der Waals surface area contributed by atoms with Crippen LogP contribution >= 0.6 is 11.8 Å². The fraction of sp³-hybridized carbons (Fsp3) is 0.609. The third kappa shape index (κ3) is 5.17. The van der Waals surface area contributed by atoms with Gasteiger partial charge in [-0.25, -0.2) is 0 Å². The first-order chi connectivity index (χ1) is 14.7. The fourth-order valence-electron chi connectivity index (χ4n) is 4.43. The smallest absolute Gasteiger partial charge is 0.233 e. The maximum atomic E-state index is 12.7. The molecule has 0 saturated heterocycles. The van der Waals surface area contributed by atoms with E-state index in [1.807, 2.05) is 19.1 Å². The van der Waals surface area contributed by atoms with Gasteiger partial charge in [0.1, 0.15) is 0 Å². The molecule has 2 aliphatic rings. The monoisotopic (exact) mass is 428 g/mol. The van der Waals surface area contributed by atoms with Crippen molar-refractivity contribution in [3.63, 3.8) is 0 Å². The van der Waals surface area contributed by atoms with E-state index in [0.29, 0.717) is 12.6 Å². The van der Waals surface area contributed by atoms with Crippen LogP contribution in [0.25, 0.3) is 11.6 Å². The lowest BCUT2D eigenvalue weighted by Gasteiger charge is -2.25. The molecule has 30 heavy (non-hydrogen) atoms. The normalized spacial score (nSPS) is 18.8. The Kier molecular flexibility index (Phi) is 7.31. The number of thioether (sulfide) groups is 1. The minimum absolute atomic E-state index is 0.0640. The molecule has 1 atom stereocenters. The molecule has 162 valence electrons. The second kappa shape index (κ2) is 10.3. The van der Waals surface area contributed by atoms with Crippen LogP contribution in [0.5, 0.6) is 0 Å². The lowest BCUT2D eigenvalue weighted by molar-refractivity contribution is -0.120. The lowest BCUT2D eigenvalue weighted by atomic mass is 9.95. The molecule has 4 rings (SSSR count). The summed E-state index contributed by atoms with van der Waals surface area (Å²) in [5.41, 5.74) is 1.49. The highest BCUT2D eigenvalue weighted by Gasteiger charge is 2.27. The van der Waals surface area contributed by atoms with Crippen molar-refractivity contribution in [1.29, 1.82) is 0 Å². The zero-order valence-electron chi connectivity index (χ0n) is 17.8. The average molecular weight is 429 g/mol. The van der Waals surface area contributed by atoms with Gasteiger partial charge in [-0.3, -0.25) is 9.36 Å². The molecule has 2 aromatic rings.